The highest BCUT2D eigenvalue weighted by Gasteiger charge is 2.46. The number of aliphatic hydroxyl groups is 1. The van der Waals surface area contributed by atoms with Gasteiger partial charge in [0, 0.05) is 0 Å². The van der Waals surface area contributed by atoms with Gasteiger partial charge in [0.25, 0.3) is 5.91 Å². The molecule has 3 heterocycles. The number of amides is 1. The predicted molar refractivity (Wildman–Crippen MR) is 127 cm³/mol. The van der Waals surface area contributed by atoms with E-state index >= 15 is 0 Å². The van der Waals surface area contributed by atoms with Crippen LogP contribution in [0.1, 0.15) is 27.9 Å². The number of carbonyl (C=O) groups excluding carboxylic acids is 2. The van der Waals surface area contributed by atoms with Gasteiger partial charge in [-0.15, -0.1) is 0 Å². The monoisotopic (exact) mass is 476 g/mol. The molecule has 0 radical (unpaired) electrons. The molecule has 2 aromatic heterocycles. The van der Waals surface area contributed by atoms with Crippen molar-refractivity contribution < 1.29 is 28.6 Å². The summed E-state index contributed by atoms with van der Waals surface area (Å²) in [5, 5.41) is 11.2. The van der Waals surface area contributed by atoms with E-state index in [9.17, 15) is 14.7 Å². The summed E-state index contributed by atoms with van der Waals surface area (Å²) in [6, 6.07) is 14.7. The standard InChI is InChI=1S/C25H20N2O6S/c1-13-7-10-18(33-13)22(28)20-21(14-5-4-6-15(11-14)31-2)27(24(30)23(20)29)25-26-17-9-8-16(32-3)12-19(17)34-25/h4-12,21,29H,1-3H3. The first-order valence-electron chi connectivity index (χ1n) is 10.4. The maximum absolute atomic E-state index is 13.4. The number of thiazole rings is 1. The zero-order chi connectivity index (χ0) is 24.0. The number of benzene rings is 2. The number of aliphatic hydroxyl groups excluding tert-OH is 1. The smallest absolute Gasteiger partial charge is 0.296 e. The van der Waals surface area contributed by atoms with E-state index in [1.807, 2.05) is 6.07 Å². The average Bonchev–Trinajstić information content (AvgIpc) is 3.54. The van der Waals surface area contributed by atoms with Gasteiger partial charge in [-0.1, -0.05) is 23.5 Å². The van der Waals surface area contributed by atoms with Gasteiger partial charge in [0.15, 0.2) is 16.7 Å². The summed E-state index contributed by atoms with van der Waals surface area (Å²) in [6.07, 6.45) is 0. The Labute approximate surface area is 198 Å². The van der Waals surface area contributed by atoms with Gasteiger partial charge < -0.3 is 19.0 Å². The van der Waals surface area contributed by atoms with E-state index in [0.717, 1.165) is 4.70 Å². The molecule has 0 saturated carbocycles. The Balaban J connectivity index is 1.68. The van der Waals surface area contributed by atoms with Crippen LogP contribution in [0.5, 0.6) is 11.5 Å². The lowest BCUT2D eigenvalue weighted by molar-refractivity contribution is -0.117. The Hall–Kier alpha value is -4.11. The summed E-state index contributed by atoms with van der Waals surface area (Å²) in [4.78, 5) is 32.7. The highest BCUT2D eigenvalue weighted by molar-refractivity contribution is 7.22. The molecule has 0 aliphatic carbocycles. The van der Waals surface area contributed by atoms with Crippen molar-refractivity contribution >= 4 is 38.4 Å². The van der Waals surface area contributed by atoms with Gasteiger partial charge in [-0.05, 0) is 55.0 Å². The normalized spacial score (nSPS) is 15.9. The quantitative estimate of drug-likeness (QED) is 0.391. The molecule has 1 unspecified atom stereocenters. The molecule has 34 heavy (non-hydrogen) atoms. The number of aryl methyl sites for hydroxylation is 1. The summed E-state index contributed by atoms with van der Waals surface area (Å²) in [5.74, 6) is -0.139. The minimum absolute atomic E-state index is 0.0376. The van der Waals surface area contributed by atoms with E-state index in [1.165, 1.54) is 29.4 Å². The number of ketones is 1. The van der Waals surface area contributed by atoms with E-state index in [-0.39, 0.29) is 11.3 Å². The Bertz CT molecular complexity index is 1470. The number of nitrogens with zero attached hydrogens (tertiary/aromatic N) is 2. The summed E-state index contributed by atoms with van der Waals surface area (Å²) in [7, 11) is 3.10. The number of carbonyl (C=O) groups is 2. The van der Waals surface area contributed by atoms with E-state index in [2.05, 4.69) is 4.98 Å². The Morgan fingerprint density at radius 1 is 1.09 bits per heavy atom. The molecule has 4 aromatic rings. The zero-order valence-corrected chi connectivity index (χ0v) is 19.4. The van der Waals surface area contributed by atoms with Gasteiger partial charge >= 0.3 is 0 Å². The van der Waals surface area contributed by atoms with Gasteiger partial charge in [0.1, 0.15) is 17.3 Å². The first-order valence-corrected chi connectivity index (χ1v) is 11.2. The molecule has 0 fully saturated rings. The second-order valence-corrected chi connectivity index (χ2v) is 8.70. The lowest BCUT2D eigenvalue weighted by Crippen LogP contribution is -2.31. The zero-order valence-electron chi connectivity index (χ0n) is 18.6. The van der Waals surface area contributed by atoms with Gasteiger partial charge in [-0.2, -0.15) is 0 Å². The number of fused-ring (bicyclic) bond motifs is 1. The first-order chi connectivity index (χ1) is 16.4. The molecule has 0 saturated heterocycles. The van der Waals surface area contributed by atoms with Crippen LogP contribution < -0.4 is 14.4 Å². The van der Waals surface area contributed by atoms with Crippen molar-refractivity contribution in [1.29, 1.82) is 0 Å². The van der Waals surface area contributed by atoms with Crippen LogP contribution in [0.15, 0.2) is 70.3 Å². The minimum Gasteiger partial charge on any atom is -0.503 e. The first kappa shape index (κ1) is 21.7. The van der Waals surface area contributed by atoms with Crippen LogP contribution in [0.25, 0.3) is 10.2 Å². The Morgan fingerprint density at radius 2 is 1.85 bits per heavy atom. The fraction of sp³-hybridized carbons (Fsp3) is 0.160. The van der Waals surface area contributed by atoms with Crippen LogP contribution in [-0.2, 0) is 4.79 Å². The largest absolute Gasteiger partial charge is 0.503 e. The summed E-state index contributed by atoms with van der Waals surface area (Å²) in [6.45, 7) is 1.71. The van der Waals surface area contributed by atoms with E-state index in [0.29, 0.717) is 33.5 Å². The highest BCUT2D eigenvalue weighted by atomic mass is 32.1. The molecular formula is C25H20N2O6S. The van der Waals surface area contributed by atoms with Gasteiger partial charge in [0.05, 0.1) is 36.1 Å². The molecular weight excluding hydrogens is 456 g/mol. The molecule has 1 aliphatic heterocycles. The fourth-order valence-corrected chi connectivity index (χ4v) is 4.99. The van der Waals surface area contributed by atoms with Crippen molar-refractivity contribution in [2.75, 3.05) is 19.1 Å². The summed E-state index contributed by atoms with van der Waals surface area (Å²) < 4.78 is 17.0. The lowest BCUT2D eigenvalue weighted by Gasteiger charge is -2.24. The molecule has 2 aromatic carbocycles. The number of ether oxygens (including phenoxy) is 2. The minimum atomic E-state index is -0.928. The van der Waals surface area contributed by atoms with Crippen LogP contribution in [0.2, 0.25) is 0 Å². The van der Waals surface area contributed by atoms with Gasteiger partial charge in [0.2, 0.25) is 5.78 Å². The number of rotatable bonds is 6. The molecule has 0 bridgehead atoms. The van der Waals surface area contributed by atoms with Crippen LogP contribution in [-0.4, -0.2) is 36.0 Å². The van der Waals surface area contributed by atoms with Crippen molar-refractivity contribution in [1.82, 2.24) is 4.98 Å². The van der Waals surface area contributed by atoms with Crippen LogP contribution in [0.4, 0.5) is 5.13 Å². The third-order valence-electron chi connectivity index (χ3n) is 5.62. The number of hydrogen-bond donors (Lipinski definition) is 1. The van der Waals surface area contributed by atoms with E-state index < -0.39 is 23.5 Å². The number of aromatic nitrogens is 1. The highest BCUT2D eigenvalue weighted by Crippen LogP contribution is 2.45. The van der Waals surface area contributed by atoms with E-state index in [1.54, 1.807) is 56.5 Å². The molecule has 9 heteroatoms. The van der Waals surface area contributed by atoms with Crippen molar-refractivity contribution in [3.05, 3.63) is 83.0 Å². The Morgan fingerprint density at radius 3 is 2.56 bits per heavy atom. The van der Waals surface area contributed by atoms with Crippen LogP contribution in [0, 0.1) is 6.92 Å². The van der Waals surface area contributed by atoms with Crippen molar-refractivity contribution in [3.63, 3.8) is 0 Å². The molecule has 8 nitrogen and oxygen atoms in total. The second kappa shape index (κ2) is 8.35. The van der Waals surface area contributed by atoms with Crippen molar-refractivity contribution in [3.8, 4) is 11.5 Å². The second-order valence-electron chi connectivity index (χ2n) is 7.69. The molecule has 5 rings (SSSR count). The predicted octanol–water partition coefficient (Wildman–Crippen LogP) is 5.00. The average molecular weight is 477 g/mol. The molecule has 0 spiro atoms. The molecule has 1 N–H and O–H groups in total. The number of anilines is 1. The number of methoxy groups -OCH3 is 2. The number of Topliss-reactive ketones (excluding diaryl/α,β-unsaturated/α-hetero) is 1. The van der Waals surface area contributed by atoms with Gasteiger partial charge in [-0.3, -0.25) is 14.5 Å². The van der Waals surface area contributed by atoms with Crippen LogP contribution >= 0.6 is 11.3 Å². The molecule has 1 aliphatic rings. The lowest BCUT2D eigenvalue weighted by atomic mass is 9.95. The molecule has 172 valence electrons. The fourth-order valence-electron chi connectivity index (χ4n) is 3.97. The van der Waals surface area contributed by atoms with Gasteiger partial charge in [-0.25, -0.2) is 4.98 Å². The maximum Gasteiger partial charge on any atom is 0.296 e. The third kappa shape index (κ3) is 3.50. The summed E-state index contributed by atoms with van der Waals surface area (Å²) >= 11 is 1.26. The van der Waals surface area contributed by atoms with Crippen molar-refractivity contribution in [2.24, 2.45) is 0 Å². The molecule has 1 amide bonds. The SMILES string of the molecule is COc1cccc(C2C(C(=O)c3ccc(C)o3)=C(O)C(=O)N2c2nc3ccc(OC)cc3s2)c1. The van der Waals surface area contributed by atoms with Crippen LogP contribution in [0.3, 0.4) is 0 Å². The summed E-state index contributed by atoms with van der Waals surface area (Å²) in [5.41, 5.74) is 1.17. The number of hydrogen-bond acceptors (Lipinski definition) is 8. The maximum atomic E-state index is 13.4. The number of furan rings is 1. The van der Waals surface area contributed by atoms with E-state index in [4.69, 9.17) is 13.9 Å². The van der Waals surface area contributed by atoms with Crippen molar-refractivity contribution in [2.45, 2.75) is 13.0 Å². The third-order valence-corrected chi connectivity index (χ3v) is 6.63. The molecule has 1 atom stereocenters. The topological polar surface area (TPSA) is 102 Å². The Kier molecular flexibility index (Phi) is 5.33.